The number of aliphatic hydroxyl groups is 1. The van der Waals surface area contributed by atoms with Gasteiger partial charge >= 0.3 is 0 Å². The van der Waals surface area contributed by atoms with Crippen molar-refractivity contribution in [2.24, 2.45) is 11.8 Å². The smallest absolute Gasteiger partial charge is 0.0587 e. The van der Waals surface area contributed by atoms with E-state index in [9.17, 15) is 0 Å². The quantitative estimate of drug-likeness (QED) is 0.700. The van der Waals surface area contributed by atoms with Gasteiger partial charge in [0.2, 0.25) is 0 Å². The third-order valence-corrected chi connectivity index (χ3v) is 3.15. The van der Waals surface area contributed by atoms with E-state index in [1.807, 2.05) is 0 Å². The molecule has 1 rings (SSSR count). The Bertz CT molecular complexity index is 147. The van der Waals surface area contributed by atoms with E-state index in [1.54, 1.807) is 0 Å². The molecule has 0 heterocycles. The van der Waals surface area contributed by atoms with Crippen molar-refractivity contribution in [1.29, 1.82) is 0 Å². The molecule has 0 aromatic heterocycles. The van der Waals surface area contributed by atoms with Crippen LogP contribution in [0.1, 0.15) is 40.0 Å². The van der Waals surface area contributed by atoms with E-state index in [4.69, 9.17) is 5.11 Å². The Morgan fingerprint density at radius 2 is 2.08 bits per heavy atom. The summed E-state index contributed by atoms with van der Waals surface area (Å²) in [5, 5.41) is 12.7. The molecule has 1 fully saturated rings. The number of nitrogens with one attached hydrogen (secondary N) is 1. The van der Waals surface area contributed by atoms with Crippen LogP contribution in [0.4, 0.5) is 0 Å². The molecule has 0 amide bonds. The van der Waals surface area contributed by atoms with Gasteiger partial charge in [0, 0.05) is 12.1 Å². The number of hydrogen-bond donors (Lipinski definition) is 2. The van der Waals surface area contributed by atoms with E-state index in [-0.39, 0.29) is 12.6 Å². The predicted octanol–water partition coefficient (Wildman–Crippen LogP) is 1.78. The molecule has 2 heteroatoms. The van der Waals surface area contributed by atoms with Gasteiger partial charge in [0.05, 0.1) is 6.61 Å². The van der Waals surface area contributed by atoms with Crippen molar-refractivity contribution in [2.45, 2.75) is 52.1 Å². The second kappa shape index (κ2) is 4.97. The SMILES string of the molecule is CC1CCC(NC(CO)C(C)C)C1. The van der Waals surface area contributed by atoms with Gasteiger partial charge in [-0.1, -0.05) is 20.8 Å². The summed E-state index contributed by atoms with van der Waals surface area (Å²) in [7, 11) is 0. The second-order valence-electron chi connectivity index (χ2n) is 4.81. The molecule has 0 saturated heterocycles. The molecule has 2 nitrogen and oxygen atoms in total. The van der Waals surface area contributed by atoms with Crippen LogP contribution in [-0.4, -0.2) is 23.8 Å². The first-order chi connectivity index (χ1) is 6.13. The minimum Gasteiger partial charge on any atom is -0.395 e. The summed E-state index contributed by atoms with van der Waals surface area (Å²) in [6, 6.07) is 0.935. The minimum absolute atomic E-state index is 0.266. The van der Waals surface area contributed by atoms with Gasteiger partial charge in [0.15, 0.2) is 0 Å². The molecular weight excluding hydrogens is 162 g/mol. The highest BCUT2D eigenvalue weighted by molar-refractivity contribution is 4.82. The lowest BCUT2D eigenvalue weighted by molar-refractivity contribution is 0.198. The average Bonchev–Trinajstić information content (AvgIpc) is 2.46. The molecule has 0 aromatic carbocycles. The van der Waals surface area contributed by atoms with Crippen LogP contribution in [0.5, 0.6) is 0 Å². The maximum absolute atomic E-state index is 9.16. The van der Waals surface area contributed by atoms with Crippen molar-refractivity contribution in [1.82, 2.24) is 5.32 Å². The van der Waals surface area contributed by atoms with Crippen LogP contribution in [0.25, 0.3) is 0 Å². The summed E-state index contributed by atoms with van der Waals surface area (Å²) < 4.78 is 0. The molecule has 0 aliphatic heterocycles. The van der Waals surface area contributed by atoms with E-state index in [2.05, 4.69) is 26.1 Å². The molecule has 0 spiro atoms. The van der Waals surface area contributed by atoms with Gasteiger partial charge in [-0.05, 0) is 31.1 Å². The van der Waals surface area contributed by atoms with Gasteiger partial charge in [-0.15, -0.1) is 0 Å². The molecule has 0 radical (unpaired) electrons. The Kier molecular flexibility index (Phi) is 4.20. The van der Waals surface area contributed by atoms with Gasteiger partial charge in [-0.25, -0.2) is 0 Å². The fourth-order valence-electron chi connectivity index (χ4n) is 2.12. The van der Waals surface area contributed by atoms with E-state index in [1.165, 1.54) is 19.3 Å². The molecule has 2 N–H and O–H groups in total. The number of rotatable bonds is 4. The lowest BCUT2D eigenvalue weighted by Gasteiger charge is -2.24. The molecule has 0 bridgehead atoms. The highest BCUT2D eigenvalue weighted by atomic mass is 16.3. The van der Waals surface area contributed by atoms with E-state index >= 15 is 0 Å². The predicted molar refractivity (Wildman–Crippen MR) is 55.7 cm³/mol. The summed E-state index contributed by atoms with van der Waals surface area (Å²) in [5.41, 5.74) is 0. The van der Waals surface area contributed by atoms with Crippen LogP contribution in [0.3, 0.4) is 0 Å². The summed E-state index contributed by atoms with van der Waals surface area (Å²) in [6.07, 6.45) is 3.90. The number of aliphatic hydroxyl groups excluding tert-OH is 1. The standard InChI is InChI=1S/C11H23NO/c1-8(2)11(7-13)12-10-5-4-9(3)6-10/h8-13H,4-7H2,1-3H3. The summed E-state index contributed by atoms with van der Waals surface area (Å²) in [6.45, 7) is 6.89. The zero-order chi connectivity index (χ0) is 9.84. The van der Waals surface area contributed by atoms with Gasteiger partial charge < -0.3 is 10.4 Å². The lowest BCUT2D eigenvalue weighted by atomic mass is 10.0. The molecule has 1 aliphatic rings. The fraction of sp³-hybridized carbons (Fsp3) is 1.00. The van der Waals surface area contributed by atoms with Crippen LogP contribution in [0.15, 0.2) is 0 Å². The molecule has 1 saturated carbocycles. The molecule has 1 aliphatic carbocycles. The van der Waals surface area contributed by atoms with E-state index < -0.39 is 0 Å². The molecule has 13 heavy (non-hydrogen) atoms. The zero-order valence-electron chi connectivity index (χ0n) is 9.09. The monoisotopic (exact) mass is 185 g/mol. The van der Waals surface area contributed by atoms with Crippen molar-refractivity contribution in [2.75, 3.05) is 6.61 Å². The molecule has 3 unspecified atom stereocenters. The van der Waals surface area contributed by atoms with E-state index in [0.717, 1.165) is 5.92 Å². The van der Waals surface area contributed by atoms with E-state index in [0.29, 0.717) is 12.0 Å². The third kappa shape index (κ3) is 3.28. The summed E-state index contributed by atoms with van der Waals surface area (Å²) in [4.78, 5) is 0. The molecule has 78 valence electrons. The third-order valence-electron chi connectivity index (χ3n) is 3.15. The van der Waals surface area contributed by atoms with Crippen molar-refractivity contribution in [3.63, 3.8) is 0 Å². The molecule has 3 atom stereocenters. The van der Waals surface area contributed by atoms with Crippen LogP contribution < -0.4 is 5.32 Å². The Balaban J connectivity index is 2.30. The molecular formula is C11H23NO. The lowest BCUT2D eigenvalue weighted by Crippen LogP contribution is -2.42. The fourth-order valence-corrected chi connectivity index (χ4v) is 2.12. The van der Waals surface area contributed by atoms with Gasteiger partial charge in [-0.3, -0.25) is 0 Å². The van der Waals surface area contributed by atoms with Gasteiger partial charge in [0.1, 0.15) is 0 Å². The maximum atomic E-state index is 9.16. The minimum atomic E-state index is 0.266. The zero-order valence-corrected chi connectivity index (χ0v) is 9.09. The van der Waals surface area contributed by atoms with Crippen molar-refractivity contribution in [3.05, 3.63) is 0 Å². The Morgan fingerprint density at radius 1 is 1.38 bits per heavy atom. The van der Waals surface area contributed by atoms with Gasteiger partial charge in [-0.2, -0.15) is 0 Å². The first kappa shape index (κ1) is 11.0. The highest BCUT2D eigenvalue weighted by Crippen LogP contribution is 2.25. The van der Waals surface area contributed by atoms with Crippen LogP contribution in [0, 0.1) is 11.8 Å². The first-order valence-corrected chi connectivity index (χ1v) is 5.50. The normalized spacial score (nSPS) is 31.2. The van der Waals surface area contributed by atoms with Crippen molar-refractivity contribution in [3.8, 4) is 0 Å². The van der Waals surface area contributed by atoms with Crippen LogP contribution >= 0.6 is 0 Å². The first-order valence-electron chi connectivity index (χ1n) is 5.50. The van der Waals surface area contributed by atoms with Crippen molar-refractivity contribution >= 4 is 0 Å². The Hall–Kier alpha value is -0.0800. The van der Waals surface area contributed by atoms with Crippen molar-refractivity contribution < 1.29 is 5.11 Å². The maximum Gasteiger partial charge on any atom is 0.0587 e. The van der Waals surface area contributed by atoms with Gasteiger partial charge in [0.25, 0.3) is 0 Å². The van der Waals surface area contributed by atoms with Crippen LogP contribution in [0.2, 0.25) is 0 Å². The summed E-state index contributed by atoms with van der Waals surface area (Å²) >= 11 is 0. The van der Waals surface area contributed by atoms with Crippen LogP contribution in [-0.2, 0) is 0 Å². The second-order valence-corrected chi connectivity index (χ2v) is 4.81. The largest absolute Gasteiger partial charge is 0.395 e. The number of hydrogen-bond acceptors (Lipinski definition) is 2. The summed E-state index contributed by atoms with van der Waals surface area (Å²) in [5.74, 6) is 1.39. The molecule has 0 aromatic rings. The Labute approximate surface area is 81.7 Å². The average molecular weight is 185 g/mol. The topological polar surface area (TPSA) is 32.3 Å². The highest BCUT2D eigenvalue weighted by Gasteiger charge is 2.24. The Morgan fingerprint density at radius 3 is 2.46 bits per heavy atom.